The van der Waals surface area contributed by atoms with Gasteiger partial charge in [-0.15, -0.1) is 0 Å². The predicted octanol–water partition coefficient (Wildman–Crippen LogP) is 2.13. The molecule has 18 heavy (non-hydrogen) atoms. The molecule has 0 aromatic carbocycles. The lowest BCUT2D eigenvalue weighted by atomic mass is 9.82. The molecular formula is C15H30N2O. The molecule has 3 N–H and O–H groups in total. The average molecular weight is 254 g/mol. The van der Waals surface area contributed by atoms with Crippen molar-refractivity contribution in [1.29, 1.82) is 0 Å². The zero-order chi connectivity index (χ0) is 13.0. The summed E-state index contributed by atoms with van der Waals surface area (Å²) in [6.07, 6.45) is 11.0. The van der Waals surface area contributed by atoms with Crippen molar-refractivity contribution in [3.05, 3.63) is 0 Å². The number of likely N-dealkylation sites (N-methyl/N-ethyl adjacent to an activating group) is 1. The van der Waals surface area contributed by atoms with Gasteiger partial charge in [-0.3, -0.25) is 4.90 Å². The Morgan fingerprint density at radius 2 is 1.56 bits per heavy atom. The van der Waals surface area contributed by atoms with Crippen LogP contribution in [0.2, 0.25) is 0 Å². The van der Waals surface area contributed by atoms with Crippen LogP contribution in [0.5, 0.6) is 0 Å². The minimum Gasteiger partial charge on any atom is -0.391 e. The van der Waals surface area contributed by atoms with E-state index in [1.54, 1.807) is 0 Å². The monoisotopic (exact) mass is 254 g/mol. The number of aliphatic hydroxyl groups is 1. The Morgan fingerprint density at radius 3 is 2.33 bits per heavy atom. The Kier molecular flexibility index (Phi) is 5.46. The number of nitrogens with zero attached hydrogens (tertiary/aromatic N) is 1. The summed E-state index contributed by atoms with van der Waals surface area (Å²) < 4.78 is 0. The van der Waals surface area contributed by atoms with Crippen LogP contribution in [0, 0.1) is 5.92 Å². The fraction of sp³-hybridized carbons (Fsp3) is 1.00. The molecule has 0 amide bonds. The third-order valence-corrected chi connectivity index (χ3v) is 5.16. The molecule has 0 saturated heterocycles. The highest BCUT2D eigenvalue weighted by Gasteiger charge is 2.34. The Morgan fingerprint density at radius 1 is 0.944 bits per heavy atom. The standard InChI is InChI=1S/C15H30N2O/c1-17(13-8-6-5-7-12(13)11-16)14-9-3-2-4-10-15(14)18/h12-15,18H,2-11,16H2,1H3. The van der Waals surface area contributed by atoms with Crippen LogP contribution in [-0.2, 0) is 0 Å². The van der Waals surface area contributed by atoms with Crippen molar-refractivity contribution in [2.45, 2.75) is 76.0 Å². The van der Waals surface area contributed by atoms with Crippen LogP contribution in [0.4, 0.5) is 0 Å². The Hall–Kier alpha value is -0.120. The Balaban J connectivity index is 2.00. The molecule has 2 aliphatic carbocycles. The second-order valence-corrected chi connectivity index (χ2v) is 6.29. The normalized spacial score (nSPS) is 38.7. The number of hydrogen-bond donors (Lipinski definition) is 2. The molecule has 0 radical (unpaired) electrons. The third kappa shape index (κ3) is 3.25. The lowest BCUT2D eigenvalue weighted by molar-refractivity contribution is 0.00992. The van der Waals surface area contributed by atoms with E-state index >= 15 is 0 Å². The Labute approximate surface area is 112 Å². The first-order chi connectivity index (χ1) is 8.74. The SMILES string of the molecule is CN(C1CCCCCC1O)C1CCCCC1CN. The molecule has 2 rings (SSSR count). The maximum absolute atomic E-state index is 10.3. The van der Waals surface area contributed by atoms with Gasteiger partial charge >= 0.3 is 0 Å². The van der Waals surface area contributed by atoms with Crippen molar-refractivity contribution in [2.75, 3.05) is 13.6 Å². The first kappa shape index (κ1) is 14.3. The molecule has 0 bridgehead atoms. The maximum atomic E-state index is 10.3. The number of nitrogens with two attached hydrogens (primary N) is 1. The zero-order valence-electron chi connectivity index (χ0n) is 11.9. The number of rotatable bonds is 3. The summed E-state index contributed by atoms with van der Waals surface area (Å²) in [7, 11) is 2.22. The van der Waals surface area contributed by atoms with Crippen LogP contribution in [0.15, 0.2) is 0 Å². The minimum absolute atomic E-state index is 0.127. The maximum Gasteiger partial charge on any atom is 0.0695 e. The molecule has 2 aliphatic rings. The summed E-state index contributed by atoms with van der Waals surface area (Å²) in [6, 6.07) is 0.964. The largest absolute Gasteiger partial charge is 0.391 e. The summed E-state index contributed by atoms with van der Waals surface area (Å²) in [6.45, 7) is 0.803. The fourth-order valence-electron chi connectivity index (χ4n) is 3.99. The first-order valence-electron chi connectivity index (χ1n) is 7.84. The van der Waals surface area contributed by atoms with Crippen molar-refractivity contribution in [1.82, 2.24) is 4.90 Å². The van der Waals surface area contributed by atoms with Crippen LogP contribution in [0.3, 0.4) is 0 Å². The molecule has 4 unspecified atom stereocenters. The third-order valence-electron chi connectivity index (χ3n) is 5.16. The van der Waals surface area contributed by atoms with Gasteiger partial charge in [-0.05, 0) is 45.2 Å². The van der Waals surface area contributed by atoms with Crippen LogP contribution in [-0.4, -0.2) is 41.8 Å². The smallest absolute Gasteiger partial charge is 0.0695 e. The van der Waals surface area contributed by atoms with E-state index in [-0.39, 0.29) is 6.10 Å². The van der Waals surface area contributed by atoms with Gasteiger partial charge in [0.05, 0.1) is 6.10 Å². The van der Waals surface area contributed by atoms with Gasteiger partial charge in [0.2, 0.25) is 0 Å². The molecule has 0 spiro atoms. The fourth-order valence-corrected chi connectivity index (χ4v) is 3.99. The molecule has 0 heterocycles. The van der Waals surface area contributed by atoms with Gasteiger partial charge in [0.25, 0.3) is 0 Å². The van der Waals surface area contributed by atoms with Gasteiger partial charge < -0.3 is 10.8 Å². The average Bonchev–Trinajstić information content (AvgIpc) is 2.62. The van der Waals surface area contributed by atoms with Gasteiger partial charge in [0.1, 0.15) is 0 Å². The highest BCUT2D eigenvalue weighted by molar-refractivity contribution is 4.89. The molecule has 2 fully saturated rings. The van der Waals surface area contributed by atoms with Gasteiger partial charge in [0, 0.05) is 12.1 Å². The second-order valence-electron chi connectivity index (χ2n) is 6.29. The first-order valence-corrected chi connectivity index (χ1v) is 7.84. The number of aliphatic hydroxyl groups excluding tert-OH is 1. The van der Waals surface area contributed by atoms with E-state index in [1.807, 2.05) is 0 Å². The van der Waals surface area contributed by atoms with Crippen LogP contribution < -0.4 is 5.73 Å². The molecule has 3 nitrogen and oxygen atoms in total. The summed E-state index contributed by atoms with van der Waals surface area (Å²) in [4.78, 5) is 2.48. The predicted molar refractivity (Wildman–Crippen MR) is 75.4 cm³/mol. The minimum atomic E-state index is -0.127. The summed E-state index contributed by atoms with van der Waals surface area (Å²) in [5.41, 5.74) is 5.94. The van der Waals surface area contributed by atoms with Gasteiger partial charge in [-0.2, -0.15) is 0 Å². The highest BCUT2D eigenvalue weighted by atomic mass is 16.3. The van der Waals surface area contributed by atoms with E-state index in [0.29, 0.717) is 18.0 Å². The van der Waals surface area contributed by atoms with E-state index in [0.717, 1.165) is 19.4 Å². The molecular weight excluding hydrogens is 224 g/mol. The lowest BCUT2D eigenvalue weighted by Gasteiger charge is -2.43. The van der Waals surface area contributed by atoms with E-state index in [1.165, 1.54) is 44.9 Å². The molecule has 2 saturated carbocycles. The van der Waals surface area contributed by atoms with Gasteiger partial charge in [-0.1, -0.05) is 32.1 Å². The summed E-state index contributed by atoms with van der Waals surface area (Å²) >= 11 is 0. The molecule has 0 aliphatic heterocycles. The highest BCUT2D eigenvalue weighted by Crippen LogP contribution is 2.31. The summed E-state index contributed by atoms with van der Waals surface area (Å²) in [5.74, 6) is 0.638. The van der Waals surface area contributed by atoms with Crippen molar-refractivity contribution in [3.63, 3.8) is 0 Å². The number of hydrogen-bond acceptors (Lipinski definition) is 3. The van der Waals surface area contributed by atoms with Gasteiger partial charge in [-0.25, -0.2) is 0 Å². The summed E-state index contributed by atoms with van der Waals surface area (Å²) in [5, 5.41) is 10.3. The molecule has 0 aromatic rings. The van der Waals surface area contributed by atoms with Crippen molar-refractivity contribution in [2.24, 2.45) is 11.7 Å². The zero-order valence-corrected chi connectivity index (χ0v) is 11.9. The quantitative estimate of drug-likeness (QED) is 0.759. The molecule has 106 valence electrons. The Bertz CT molecular complexity index is 245. The second kappa shape index (κ2) is 6.88. The molecule has 0 aromatic heterocycles. The molecule has 4 atom stereocenters. The van der Waals surface area contributed by atoms with E-state index in [9.17, 15) is 5.11 Å². The lowest BCUT2D eigenvalue weighted by Crippen LogP contribution is -2.51. The van der Waals surface area contributed by atoms with Crippen LogP contribution in [0.1, 0.15) is 57.8 Å². The molecule has 3 heteroatoms. The van der Waals surface area contributed by atoms with Crippen LogP contribution in [0.25, 0.3) is 0 Å². The van der Waals surface area contributed by atoms with Crippen molar-refractivity contribution in [3.8, 4) is 0 Å². The van der Waals surface area contributed by atoms with Crippen molar-refractivity contribution >= 4 is 0 Å². The van der Waals surface area contributed by atoms with Crippen LogP contribution >= 0.6 is 0 Å². The van der Waals surface area contributed by atoms with E-state index in [4.69, 9.17) is 5.73 Å². The topological polar surface area (TPSA) is 49.5 Å². The van der Waals surface area contributed by atoms with Gasteiger partial charge in [0.15, 0.2) is 0 Å². The van der Waals surface area contributed by atoms with E-state index < -0.39 is 0 Å². The van der Waals surface area contributed by atoms with Crippen molar-refractivity contribution < 1.29 is 5.11 Å². The van der Waals surface area contributed by atoms with E-state index in [2.05, 4.69) is 11.9 Å².